The van der Waals surface area contributed by atoms with Crippen LogP contribution >= 0.6 is 11.3 Å². The number of carbonyl (C=O) groups excluding carboxylic acids is 1. The number of Topliss-reactive ketones (excluding diaryl/α,β-unsaturated/α-hetero) is 1. The van der Waals surface area contributed by atoms with Crippen molar-refractivity contribution in [2.45, 2.75) is 46.6 Å². The molecule has 0 aliphatic heterocycles. The van der Waals surface area contributed by atoms with E-state index >= 15 is 0 Å². The van der Waals surface area contributed by atoms with Gasteiger partial charge < -0.3 is 4.90 Å². The van der Waals surface area contributed by atoms with E-state index in [2.05, 4.69) is 50.2 Å². The average Bonchev–Trinajstić information content (AvgIpc) is 2.83. The second-order valence-electron chi connectivity index (χ2n) is 7.28. The molecule has 1 aromatic heterocycles. The van der Waals surface area contributed by atoms with Gasteiger partial charge in [0.1, 0.15) is 5.78 Å². The number of hydrogen-bond acceptors (Lipinski definition) is 3. The fraction of sp³-hybridized carbons (Fsp3) is 0.706. The van der Waals surface area contributed by atoms with E-state index in [1.165, 1.54) is 4.88 Å². The summed E-state index contributed by atoms with van der Waals surface area (Å²) in [6.07, 6.45) is 2.92. The molecule has 1 aliphatic carbocycles. The Bertz CT molecular complexity index is 432. The van der Waals surface area contributed by atoms with Crippen molar-refractivity contribution in [3.63, 3.8) is 0 Å². The first-order valence-corrected chi connectivity index (χ1v) is 8.48. The minimum atomic E-state index is 0.234. The van der Waals surface area contributed by atoms with Crippen molar-refractivity contribution >= 4 is 17.1 Å². The Hall–Kier alpha value is -0.670. The highest BCUT2D eigenvalue weighted by Gasteiger charge is 2.35. The highest BCUT2D eigenvalue weighted by atomic mass is 32.1. The highest BCUT2D eigenvalue weighted by molar-refractivity contribution is 7.09. The van der Waals surface area contributed by atoms with Gasteiger partial charge in [0.2, 0.25) is 0 Å². The van der Waals surface area contributed by atoms with Crippen LogP contribution in [0.2, 0.25) is 0 Å². The molecule has 112 valence electrons. The van der Waals surface area contributed by atoms with Crippen LogP contribution in [0.15, 0.2) is 17.5 Å². The quantitative estimate of drug-likeness (QED) is 0.828. The van der Waals surface area contributed by atoms with E-state index in [4.69, 9.17) is 0 Å². The predicted octanol–water partition coefficient (Wildman–Crippen LogP) is 4.21. The third-order valence-electron chi connectivity index (χ3n) is 4.53. The van der Waals surface area contributed by atoms with Crippen molar-refractivity contribution in [3.8, 4) is 0 Å². The van der Waals surface area contributed by atoms with Gasteiger partial charge in [-0.15, -0.1) is 11.3 Å². The molecule has 0 N–H and O–H groups in total. The molecule has 20 heavy (non-hydrogen) atoms. The Balaban J connectivity index is 1.91. The summed E-state index contributed by atoms with van der Waals surface area (Å²) < 4.78 is 0. The monoisotopic (exact) mass is 293 g/mol. The van der Waals surface area contributed by atoms with E-state index in [-0.39, 0.29) is 5.92 Å². The maximum Gasteiger partial charge on any atom is 0.137 e. The number of carbonyl (C=O) groups is 1. The molecular weight excluding hydrogens is 266 g/mol. The van der Waals surface area contributed by atoms with Gasteiger partial charge in [-0.2, -0.15) is 0 Å². The topological polar surface area (TPSA) is 20.3 Å². The first-order chi connectivity index (χ1) is 9.36. The smallest absolute Gasteiger partial charge is 0.137 e. The van der Waals surface area contributed by atoms with E-state index in [1.54, 1.807) is 11.3 Å². The van der Waals surface area contributed by atoms with Crippen molar-refractivity contribution in [3.05, 3.63) is 22.4 Å². The number of ketones is 1. The Kier molecular flexibility index (Phi) is 5.03. The fourth-order valence-electron chi connectivity index (χ4n) is 3.19. The second-order valence-corrected chi connectivity index (χ2v) is 8.31. The van der Waals surface area contributed by atoms with Crippen molar-refractivity contribution < 1.29 is 4.79 Å². The summed E-state index contributed by atoms with van der Waals surface area (Å²) in [6.45, 7) is 8.78. The predicted molar refractivity (Wildman–Crippen MR) is 85.9 cm³/mol. The van der Waals surface area contributed by atoms with Crippen LogP contribution in [0.1, 0.15) is 44.9 Å². The molecule has 2 atom stereocenters. The zero-order valence-corrected chi connectivity index (χ0v) is 14.0. The van der Waals surface area contributed by atoms with Crippen molar-refractivity contribution in [2.75, 3.05) is 13.6 Å². The molecule has 2 unspecified atom stereocenters. The minimum absolute atomic E-state index is 0.234. The summed E-state index contributed by atoms with van der Waals surface area (Å²) in [4.78, 5) is 15.9. The molecule has 0 bridgehead atoms. The molecule has 0 saturated heterocycles. The third kappa shape index (κ3) is 4.16. The van der Waals surface area contributed by atoms with Gasteiger partial charge in [0.15, 0.2) is 0 Å². The van der Waals surface area contributed by atoms with Crippen LogP contribution in [0.3, 0.4) is 0 Å². The van der Waals surface area contributed by atoms with Gasteiger partial charge in [0.25, 0.3) is 0 Å². The molecule has 3 heteroatoms. The van der Waals surface area contributed by atoms with E-state index in [9.17, 15) is 4.79 Å². The van der Waals surface area contributed by atoms with E-state index in [0.717, 1.165) is 32.4 Å². The molecule has 0 aromatic carbocycles. The molecule has 2 rings (SSSR count). The lowest BCUT2D eigenvalue weighted by molar-refractivity contribution is -0.127. The molecule has 1 saturated carbocycles. The van der Waals surface area contributed by atoms with Gasteiger partial charge >= 0.3 is 0 Å². The maximum absolute atomic E-state index is 12.2. The van der Waals surface area contributed by atoms with E-state index in [0.29, 0.717) is 17.1 Å². The first kappa shape index (κ1) is 15.7. The van der Waals surface area contributed by atoms with E-state index in [1.807, 2.05) is 0 Å². The van der Waals surface area contributed by atoms with Crippen LogP contribution in [0.5, 0.6) is 0 Å². The minimum Gasteiger partial charge on any atom is -0.301 e. The largest absolute Gasteiger partial charge is 0.301 e. The standard InChI is InChI=1S/C17H27NOS/c1-17(2,3)14-7-8-16(19)13(10-14)11-18(4)12-15-6-5-9-20-15/h5-6,9,13-14H,7-8,10-12H2,1-4H3. The average molecular weight is 293 g/mol. The molecule has 0 radical (unpaired) electrons. The summed E-state index contributed by atoms with van der Waals surface area (Å²) in [7, 11) is 2.13. The lowest BCUT2D eigenvalue weighted by Crippen LogP contribution is -2.37. The van der Waals surface area contributed by atoms with Crippen LogP contribution < -0.4 is 0 Å². The second kappa shape index (κ2) is 6.40. The molecule has 0 amide bonds. The Labute approximate surface area is 127 Å². The maximum atomic E-state index is 12.2. The van der Waals surface area contributed by atoms with Crippen LogP contribution in [-0.2, 0) is 11.3 Å². The van der Waals surface area contributed by atoms with Gasteiger partial charge in [-0.05, 0) is 42.7 Å². The van der Waals surface area contributed by atoms with Crippen LogP contribution in [-0.4, -0.2) is 24.3 Å². The molecular formula is C17H27NOS. The highest BCUT2D eigenvalue weighted by Crippen LogP contribution is 2.39. The Morgan fingerprint density at radius 2 is 2.15 bits per heavy atom. The van der Waals surface area contributed by atoms with Gasteiger partial charge in [-0.3, -0.25) is 4.79 Å². The number of rotatable bonds is 4. The number of nitrogens with zero attached hydrogens (tertiary/aromatic N) is 1. The van der Waals surface area contributed by atoms with Crippen LogP contribution in [0, 0.1) is 17.3 Å². The first-order valence-electron chi connectivity index (χ1n) is 7.60. The summed E-state index contributed by atoms with van der Waals surface area (Å²) >= 11 is 1.79. The Morgan fingerprint density at radius 3 is 2.75 bits per heavy atom. The number of thiophene rings is 1. The summed E-state index contributed by atoms with van der Waals surface area (Å²) in [5.74, 6) is 1.39. The number of hydrogen-bond donors (Lipinski definition) is 0. The van der Waals surface area contributed by atoms with Gasteiger partial charge in [-0.25, -0.2) is 0 Å². The zero-order valence-electron chi connectivity index (χ0n) is 13.2. The summed E-state index contributed by atoms with van der Waals surface area (Å²) in [5.41, 5.74) is 0.325. The van der Waals surface area contributed by atoms with Crippen molar-refractivity contribution in [2.24, 2.45) is 17.3 Å². The van der Waals surface area contributed by atoms with Crippen molar-refractivity contribution in [1.29, 1.82) is 0 Å². The lowest BCUT2D eigenvalue weighted by atomic mass is 9.68. The molecule has 1 heterocycles. The van der Waals surface area contributed by atoms with E-state index < -0.39 is 0 Å². The van der Waals surface area contributed by atoms with Gasteiger partial charge in [0, 0.05) is 30.3 Å². The molecule has 0 spiro atoms. The zero-order chi connectivity index (χ0) is 14.8. The fourth-order valence-corrected chi connectivity index (χ4v) is 3.97. The molecule has 1 aromatic rings. The summed E-state index contributed by atoms with van der Waals surface area (Å²) in [6, 6.07) is 4.26. The summed E-state index contributed by atoms with van der Waals surface area (Å²) in [5, 5.41) is 2.12. The van der Waals surface area contributed by atoms with Crippen LogP contribution in [0.25, 0.3) is 0 Å². The van der Waals surface area contributed by atoms with Crippen molar-refractivity contribution in [1.82, 2.24) is 4.90 Å². The molecule has 1 aliphatic rings. The third-order valence-corrected chi connectivity index (χ3v) is 5.39. The Morgan fingerprint density at radius 1 is 1.40 bits per heavy atom. The van der Waals surface area contributed by atoms with Gasteiger partial charge in [0.05, 0.1) is 0 Å². The molecule has 1 fully saturated rings. The molecule has 2 nitrogen and oxygen atoms in total. The lowest BCUT2D eigenvalue weighted by Gasteiger charge is -2.38. The van der Waals surface area contributed by atoms with Gasteiger partial charge in [-0.1, -0.05) is 26.8 Å². The normalized spacial score (nSPS) is 24.4. The van der Waals surface area contributed by atoms with Crippen LogP contribution in [0.4, 0.5) is 0 Å². The SMILES string of the molecule is CN(Cc1cccs1)CC1CC(C(C)(C)C)CCC1=O.